The number of nitrogens with one attached hydrogen (secondary N) is 1. The van der Waals surface area contributed by atoms with Gasteiger partial charge in [0.2, 0.25) is 5.91 Å². The fourth-order valence-corrected chi connectivity index (χ4v) is 5.68. The number of aliphatic hydroxyl groups excluding tert-OH is 2. The molecule has 0 aromatic heterocycles. The fourth-order valence-electron chi connectivity index (χ4n) is 5.68. The predicted octanol–water partition coefficient (Wildman–Crippen LogP) is 10.3. The molecule has 1 amide bonds. The van der Waals surface area contributed by atoms with E-state index in [0.717, 1.165) is 57.8 Å². The zero-order chi connectivity index (χ0) is 32.4. The van der Waals surface area contributed by atoms with Gasteiger partial charge in [-0.25, -0.2) is 0 Å². The number of unbranched alkanes of at least 4 members (excludes halogenated alkanes) is 21. The Bertz CT molecular complexity index is 686. The number of carbonyl (C=O) groups excluding carboxylic acids is 2. The molecule has 0 aromatic rings. The third-order valence-electron chi connectivity index (χ3n) is 8.68. The second-order valence-electron chi connectivity index (χ2n) is 12.9. The molecule has 0 spiro atoms. The first-order valence-electron chi connectivity index (χ1n) is 18.9. The third-order valence-corrected chi connectivity index (χ3v) is 8.68. The summed E-state index contributed by atoms with van der Waals surface area (Å²) >= 11 is 0. The van der Waals surface area contributed by atoms with Gasteiger partial charge in [0.05, 0.1) is 25.2 Å². The molecule has 1 unspecified atom stereocenters. The van der Waals surface area contributed by atoms with Gasteiger partial charge in [-0.1, -0.05) is 141 Å². The SMILES string of the molecule is CCCCCCCCC=CCCCCCCCC(=O)C(CCCCCCC=CCCCCCCCC)C(=O)NC(CO)CO. The van der Waals surface area contributed by atoms with Crippen LogP contribution in [0, 0.1) is 5.92 Å². The smallest absolute Gasteiger partial charge is 0.230 e. The van der Waals surface area contributed by atoms with Crippen molar-refractivity contribution in [2.75, 3.05) is 13.2 Å². The highest BCUT2D eigenvalue weighted by atomic mass is 16.3. The Labute approximate surface area is 273 Å². The van der Waals surface area contributed by atoms with Gasteiger partial charge in [0, 0.05) is 6.42 Å². The van der Waals surface area contributed by atoms with Gasteiger partial charge in [0.15, 0.2) is 0 Å². The van der Waals surface area contributed by atoms with Crippen LogP contribution >= 0.6 is 0 Å². The van der Waals surface area contributed by atoms with Crippen molar-refractivity contribution >= 4 is 11.7 Å². The number of ketones is 1. The zero-order valence-electron chi connectivity index (χ0n) is 29.2. The second-order valence-corrected chi connectivity index (χ2v) is 12.9. The molecule has 0 aliphatic carbocycles. The lowest BCUT2D eigenvalue weighted by atomic mass is 9.91. The fraction of sp³-hybridized carbons (Fsp3) is 0.846. The van der Waals surface area contributed by atoms with Crippen molar-refractivity contribution in [2.45, 2.75) is 193 Å². The molecule has 258 valence electrons. The lowest BCUT2D eigenvalue weighted by Crippen LogP contribution is -2.45. The molecule has 5 heteroatoms. The minimum absolute atomic E-state index is 0.00684. The van der Waals surface area contributed by atoms with Gasteiger partial charge in [0.1, 0.15) is 5.78 Å². The van der Waals surface area contributed by atoms with Gasteiger partial charge in [0.25, 0.3) is 0 Å². The van der Waals surface area contributed by atoms with Crippen molar-refractivity contribution in [3.63, 3.8) is 0 Å². The monoisotopic (exact) mass is 620 g/mol. The summed E-state index contributed by atoms with van der Waals surface area (Å²) in [6.45, 7) is 3.85. The Hall–Kier alpha value is -1.46. The van der Waals surface area contributed by atoms with Gasteiger partial charge < -0.3 is 15.5 Å². The molecular weight excluding hydrogens is 546 g/mol. The van der Waals surface area contributed by atoms with Crippen LogP contribution in [0.15, 0.2) is 24.3 Å². The maximum Gasteiger partial charge on any atom is 0.230 e. The number of hydrogen-bond acceptors (Lipinski definition) is 4. The van der Waals surface area contributed by atoms with Crippen molar-refractivity contribution in [3.8, 4) is 0 Å². The second kappa shape index (κ2) is 34.4. The van der Waals surface area contributed by atoms with Crippen molar-refractivity contribution in [2.24, 2.45) is 5.92 Å². The van der Waals surface area contributed by atoms with E-state index in [1.807, 2.05) is 0 Å². The largest absolute Gasteiger partial charge is 0.394 e. The Morgan fingerprint density at radius 1 is 0.523 bits per heavy atom. The zero-order valence-corrected chi connectivity index (χ0v) is 29.2. The third kappa shape index (κ3) is 28.0. The number of Topliss-reactive ketones (excluding diaryl/α,β-unsaturated/α-hetero) is 1. The van der Waals surface area contributed by atoms with E-state index >= 15 is 0 Å². The molecule has 0 fully saturated rings. The molecule has 1 atom stereocenters. The summed E-state index contributed by atoms with van der Waals surface area (Å²) in [5.41, 5.74) is 0. The van der Waals surface area contributed by atoms with Crippen molar-refractivity contribution < 1.29 is 19.8 Å². The lowest BCUT2D eigenvalue weighted by Gasteiger charge is -2.19. The molecular formula is C39H73NO4. The van der Waals surface area contributed by atoms with E-state index in [9.17, 15) is 19.8 Å². The molecule has 0 aromatic carbocycles. The van der Waals surface area contributed by atoms with E-state index in [2.05, 4.69) is 43.5 Å². The first-order valence-corrected chi connectivity index (χ1v) is 18.9. The Morgan fingerprint density at radius 3 is 1.30 bits per heavy atom. The van der Waals surface area contributed by atoms with Gasteiger partial charge in [-0.05, 0) is 64.2 Å². The standard InChI is InChI=1S/C39H73NO4/c1-3-5-7-9-11-13-15-17-19-21-23-25-27-29-31-33-38(43)37(39(44)40-36(34-41)35-42)32-30-28-26-24-22-20-18-16-14-12-10-8-6-4-2/h17-20,36-37,41-42H,3-16,21-35H2,1-2H3,(H,40,44). The van der Waals surface area contributed by atoms with E-state index < -0.39 is 12.0 Å². The molecule has 0 bridgehead atoms. The van der Waals surface area contributed by atoms with E-state index in [1.165, 1.54) is 103 Å². The maximum absolute atomic E-state index is 13.0. The predicted molar refractivity (Wildman–Crippen MR) is 189 cm³/mol. The van der Waals surface area contributed by atoms with Crippen molar-refractivity contribution in [1.82, 2.24) is 5.32 Å². The number of aliphatic hydroxyl groups is 2. The summed E-state index contributed by atoms with van der Waals surface area (Å²) in [6.07, 6.45) is 40.5. The van der Waals surface area contributed by atoms with E-state index in [0.29, 0.717) is 12.8 Å². The van der Waals surface area contributed by atoms with Crippen LogP contribution in [0.5, 0.6) is 0 Å². The van der Waals surface area contributed by atoms with Crippen LogP contribution in [0.3, 0.4) is 0 Å². The topological polar surface area (TPSA) is 86.6 Å². The van der Waals surface area contributed by atoms with E-state index in [-0.39, 0.29) is 24.9 Å². The number of allylic oxidation sites excluding steroid dienone is 4. The molecule has 0 rings (SSSR count). The maximum atomic E-state index is 13.0. The first kappa shape index (κ1) is 42.5. The van der Waals surface area contributed by atoms with Crippen LogP contribution in [0.25, 0.3) is 0 Å². The highest BCUT2D eigenvalue weighted by molar-refractivity contribution is 6.01. The van der Waals surface area contributed by atoms with Crippen molar-refractivity contribution in [3.05, 3.63) is 24.3 Å². The number of hydrogen-bond donors (Lipinski definition) is 3. The number of rotatable bonds is 34. The summed E-state index contributed by atoms with van der Waals surface area (Å²) in [6, 6.07) is -0.708. The van der Waals surface area contributed by atoms with Gasteiger partial charge >= 0.3 is 0 Å². The number of carbonyl (C=O) groups is 2. The van der Waals surface area contributed by atoms with Gasteiger partial charge in [-0.3, -0.25) is 9.59 Å². The molecule has 0 saturated carbocycles. The Morgan fingerprint density at radius 2 is 0.886 bits per heavy atom. The quantitative estimate of drug-likeness (QED) is 0.0380. The van der Waals surface area contributed by atoms with Crippen LogP contribution in [0.4, 0.5) is 0 Å². The number of amides is 1. The van der Waals surface area contributed by atoms with E-state index in [1.54, 1.807) is 0 Å². The molecule has 0 saturated heterocycles. The van der Waals surface area contributed by atoms with Crippen molar-refractivity contribution in [1.29, 1.82) is 0 Å². The minimum atomic E-state index is -0.708. The summed E-state index contributed by atoms with van der Waals surface area (Å²) in [5, 5.41) is 21.4. The molecule has 0 aliphatic heterocycles. The molecule has 0 heterocycles. The van der Waals surface area contributed by atoms with Crippen LogP contribution in [-0.4, -0.2) is 41.2 Å². The normalized spacial score (nSPS) is 12.6. The molecule has 5 nitrogen and oxygen atoms in total. The molecule has 0 aliphatic rings. The molecule has 44 heavy (non-hydrogen) atoms. The average Bonchev–Trinajstić information content (AvgIpc) is 3.03. The van der Waals surface area contributed by atoms with Crippen LogP contribution < -0.4 is 5.32 Å². The van der Waals surface area contributed by atoms with Crippen LogP contribution in [0.2, 0.25) is 0 Å². The van der Waals surface area contributed by atoms with Crippen LogP contribution in [-0.2, 0) is 9.59 Å². The van der Waals surface area contributed by atoms with E-state index in [4.69, 9.17) is 0 Å². The summed E-state index contributed by atoms with van der Waals surface area (Å²) < 4.78 is 0. The average molecular weight is 620 g/mol. The summed E-state index contributed by atoms with van der Waals surface area (Å²) in [7, 11) is 0. The summed E-state index contributed by atoms with van der Waals surface area (Å²) in [5.74, 6) is -1.01. The Balaban J connectivity index is 4.15. The first-order chi connectivity index (χ1) is 21.6. The van der Waals surface area contributed by atoms with Crippen LogP contribution in [0.1, 0.15) is 187 Å². The minimum Gasteiger partial charge on any atom is -0.394 e. The summed E-state index contributed by atoms with van der Waals surface area (Å²) in [4.78, 5) is 25.9. The Kier molecular flexibility index (Phi) is 33.3. The molecule has 3 N–H and O–H groups in total. The molecule has 0 radical (unpaired) electrons. The van der Waals surface area contributed by atoms with Gasteiger partial charge in [-0.15, -0.1) is 0 Å². The lowest BCUT2D eigenvalue weighted by molar-refractivity contribution is -0.135. The highest BCUT2D eigenvalue weighted by Gasteiger charge is 2.27. The highest BCUT2D eigenvalue weighted by Crippen LogP contribution is 2.18. The van der Waals surface area contributed by atoms with Gasteiger partial charge in [-0.2, -0.15) is 0 Å².